The van der Waals surface area contributed by atoms with Crippen LogP contribution >= 0.6 is 0 Å². The second kappa shape index (κ2) is 6.10. The Labute approximate surface area is 135 Å². The summed E-state index contributed by atoms with van der Waals surface area (Å²) in [6.45, 7) is 0.933. The molecule has 2 aliphatic rings. The smallest absolute Gasteiger partial charge is 0.227 e. The van der Waals surface area contributed by atoms with Crippen LogP contribution in [0, 0.1) is 5.92 Å². The fraction of sp³-hybridized carbons (Fsp3) is 0.529. The Hall–Kier alpha value is -2.24. The molecule has 1 atom stereocenters. The van der Waals surface area contributed by atoms with Gasteiger partial charge in [-0.2, -0.15) is 0 Å². The predicted octanol–water partition coefficient (Wildman–Crippen LogP) is 2.00. The molecular formula is C17H21N5O. The van der Waals surface area contributed by atoms with Crippen LogP contribution in [0.5, 0.6) is 0 Å². The summed E-state index contributed by atoms with van der Waals surface area (Å²) >= 11 is 0. The van der Waals surface area contributed by atoms with Crippen molar-refractivity contribution in [1.82, 2.24) is 25.1 Å². The molecule has 23 heavy (non-hydrogen) atoms. The van der Waals surface area contributed by atoms with Gasteiger partial charge in [-0.15, -0.1) is 5.10 Å². The van der Waals surface area contributed by atoms with Crippen molar-refractivity contribution in [2.75, 3.05) is 6.54 Å². The molecule has 0 N–H and O–H groups in total. The van der Waals surface area contributed by atoms with E-state index in [9.17, 15) is 4.79 Å². The molecule has 1 aromatic heterocycles. The highest BCUT2D eigenvalue weighted by Gasteiger charge is 2.38. The van der Waals surface area contributed by atoms with Crippen LogP contribution in [-0.2, 0) is 11.2 Å². The zero-order valence-electron chi connectivity index (χ0n) is 13.1. The van der Waals surface area contributed by atoms with Crippen molar-refractivity contribution in [3.63, 3.8) is 0 Å². The first kappa shape index (κ1) is 14.4. The molecule has 1 aliphatic carbocycles. The highest BCUT2D eigenvalue weighted by molar-refractivity contribution is 5.80. The maximum Gasteiger partial charge on any atom is 0.227 e. The van der Waals surface area contributed by atoms with Crippen LogP contribution in [0.2, 0.25) is 0 Å². The quantitative estimate of drug-likeness (QED) is 0.866. The second-order valence-corrected chi connectivity index (χ2v) is 6.59. The molecule has 0 bridgehead atoms. The van der Waals surface area contributed by atoms with Crippen LogP contribution in [0.25, 0.3) is 5.69 Å². The molecule has 1 aromatic carbocycles. The number of likely N-dealkylation sites (tertiary alicyclic amines) is 1. The van der Waals surface area contributed by atoms with Crippen LogP contribution in [0.4, 0.5) is 0 Å². The molecule has 1 amide bonds. The Morgan fingerprint density at radius 1 is 1.13 bits per heavy atom. The average Bonchev–Trinajstić information content (AvgIpc) is 3.20. The number of carbonyl (C=O) groups is 1. The van der Waals surface area contributed by atoms with Gasteiger partial charge in [-0.3, -0.25) is 4.79 Å². The fourth-order valence-electron chi connectivity index (χ4n) is 3.87. The highest BCUT2D eigenvalue weighted by atomic mass is 16.2. The maximum absolute atomic E-state index is 12.6. The topological polar surface area (TPSA) is 63.9 Å². The van der Waals surface area contributed by atoms with Crippen molar-refractivity contribution in [1.29, 1.82) is 0 Å². The lowest BCUT2D eigenvalue weighted by Gasteiger charge is -2.44. The number of amides is 1. The van der Waals surface area contributed by atoms with E-state index in [-0.39, 0.29) is 5.91 Å². The van der Waals surface area contributed by atoms with Crippen LogP contribution in [0.1, 0.15) is 37.7 Å². The summed E-state index contributed by atoms with van der Waals surface area (Å²) in [5, 5.41) is 11.1. The van der Waals surface area contributed by atoms with Gasteiger partial charge in [-0.1, -0.05) is 25.0 Å². The van der Waals surface area contributed by atoms with Crippen LogP contribution < -0.4 is 0 Å². The van der Waals surface area contributed by atoms with Gasteiger partial charge in [0.05, 0.1) is 12.1 Å². The molecule has 120 valence electrons. The molecule has 6 nitrogen and oxygen atoms in total. The van der Waals surface area contributed by atoms with Gasteiger partial charge in [0.15, 0.2) is 0 Å². The largest absolute Gasteiger partial charge is 0.339 e. The summed E-state index contributed by atoms with van der Waals surface area (Å²) in [5.41, 5.74) is 1.95. The number of nitrogens with zero attached hydrogens (tertiary/aromatic N) is 5. The molecule has 1 saturated heterocycles. The number of tetrazole rings is 1. The fourth-order valence-corrected chi connectivity index (χ4v) is 3.87. The van der Waals surface area contributed by atoms with E-state index >= 15 is 0 Å². The van der Waals surface area contributed by atoms with E-state index < -0.39 is 0 Å². The zero-order valence-corrected chi connectivity index (χ0v) is 13.1. The Kier molecular flexibility index (Phi) is 3.81. The second-order valence-electron chi connectivity index (χ2n) is 6.59. The number of hydrogen-bond donors (Lipinski definition) is 0. The first-order valence-corrected chi connectivity index (χ1v) is 8.43. The van der Waals surface area contributed by atoms with Gasteiger partial charge in [-0.05, 0) is 53.3 Å². The lowest BCUT2D eigenvalue weighted by Crippen LogP contribution is -2.54. The van der Waals surface area contributed by atoms with E-state index in [4.69, 9.17) is 0 Å². The van der Waals surface area contributed by atoms with E-state index in [0.717, 1.165) is 23.7 Å². The lowest BCUT2D eigenvalue weighted by atomic mass is 9.87. The van der Waals surface area contributed by atoms with Crippen LogP contribution in [-0.4, -0.2) is 43.6 Å². The lowest BCUT2D eigenvalue weighted by molar-refractivity contribution is -0.140. The van der Waals surface area contributed by atoms with Crippen molar-refractivity contribution in [3.8, 4) is 5.69 Å². The normalized spacial score (nSPS) is 21.4. The first-order chi connectivity index (χ1) is 11.3. The third-order valence-corrected chi connectivity index (χ3v) is 5.24. The number of hydrogen-bond acceptors (Lipinski definition) is 4. The van der Waals surface area contributed by atoms with Crippen molar-refractivity contribution in [2.24, 2.45) is 5.92 Å². The molecule has 0 spiro atoms. The minimum absolute atomic E-state index is 0.267. The highest BCUT2D eigenvalue weighted by Crippen LogP contribution is 2.36. The summed E-state index contributed by atoms with van der Waals surface area (Å²) < 4.78 is 1.61. The van der Waals surface area contributed by atoms with E-state index in [1.807, 2.05) is 24.3 Å². The van der Waals surface area contributed by atoms with Gasteiger partial charge >= 0.3 is 0 Å². The third kappa shape index (κ3) is 2.85. The van der Waals surface area contributed by atoms with Crippen molar-refractivity contribution < 1.29 is 4.79 Å². The van der Waals surface area contributed by atoms with Crippen molar-refractivity contribution in [2.45, 2.75) is 44.6 Å². The molecule has 6 heteroatoms. The molecule has 4 rings (SSSR count). The van der Waals surface area contributed by atoms with Crippen molar-refractivity contribution >= 4 is 5.91 Å². The minimum Gasteiger partial charge on any atom is -0.339 e. The molecule has 1 unspecified atom stereocenters. The summed E-state index contributed by atoms with van der Waals surface area (Å²) in [4.78, 5) is 14.7. The maximum atomic E-state index is 12.6. The Bertz CT molecular complexity index is 661. The average molecular weight is 311 g/mol. The van der Waals surface area contributed by atoms with Gasteiger partial charge in [0, 0.05) is 12.6 Å². The molecular weight excluding hydrogens is 290 g/mol. The van der Waals surface area contributed by atoms with E-state index in [0.29, 0.717) is 12.5 Å². The standard InChI is InChI=1S/C17H21N5O/c23-17(21-10-9-16(21)14-3-1-2-4-14)11-13-5-7-15(8-6-13)22-12-18-19-20-22/h5-8,12,14,16H,1-4,9-11H2. The Morgan fingerprint density at radius 3 is 2.52 bits per heavy atom. The summed E-state index contributed by atoms with van der Waals surface area (Å²) in [7, 11) is 0. The van der Waals surface area contributed by atoms with Crippen molar-refractivity contribution in [3.05, 3.63) is 36.2 Å². The minimum atomic E-state index is 0.267. The monoisotopic (exact) mass is 311 g/mol. The zero-order chi connectivity index (χ0) is 15.6. The van der Waals surface area contributed by atoms with E-state index in [1.54, 1.807) is 11.0 Å². The molecule has 1 saturated carbocycles. The van der Waals surface area contributed by atoms with Gasteiger partial charge in [-0.25, -0.2) is 4.68 Å². The first-order valence-electron chi connectivity index (χ1n) is 8.43. The molecule has 1 aliphatic heterocycles. The van der Waals surface area contributed by atoms with Gasteiger partial charge in [0.1, 0.15) is 6.33 Å². The molecule has 2 fully saturated rings. The third-order valence-electron chi connectivity index (χ3n) is 5.24. The predicted molar refractivity (Wildman–Crippen MR) is 84.9 cm³/mol. The summed E-state index contributed by atoms with van der Waals surface area (Å²) in [5.74, 6) is 1.01. The van der Waals surface area contributed by atoms with Gasteiger partial charge in [0.25, 0.3) is 0 Å². The molecule has 0 radical (unpaired) electrons. The van der Waals surface area contributed by atoms with E-state index in [2.05, 4.69) is 20.4 Å². The Balaban J connectivity index is 1.38. The van der Waals surface area contributed by atoms with Gasteiger partial charge in [0.2, 0.25) is 5.91 Å². The number of carbonyl (C=O) groups excluding carboxylic acids is 1. The van der Waals surface area contributed by atoms with Crippen LogP contribution in [0.15, 0.2) is 30.6 Å². The van der Waals surface area contributed by atoms with Gasteiger partial charge < -0.3 is 4.90 Å². The summed E-state index contributed by atoms with van der Waals surface area (Å²) in [6, 6.07) is 8.37. The van der Waals surface area contributed by atoms with E-state index in [1.165, 1.54) is 32.1 Å². The molecule has 2 heterocycles. The van der Waals surface area contributed by atoms with Crippen LogP contribution in [0.3, 0.4) is 0 Å². The number of aromatic nitrogens is 4. The molecule has 2 aromatic rings. The number of benzene rings is 1. The Morgan fingerprint density at radius 2 is 1.91 bits per heavy atom. The number of rotatable bonds is 4. The SMILES string of the molecule is O=C(Cc1ccc(-n2cnnn2)cc1)N1CCC1C1CCCC1. The summed E-state index contributed by atoms with van der Waals surface area (Å²) in [6.07, 6.45) is 8.51.